The number of carbonyl (C=O) groups excluding carboxylic acids is 1. The number of aryl methyl sites for hydroxylation is 1. The summed E-state index contributed by atoms with van der Waals surface area (Å²) in [5, 5.41) is 4.17. The molecule has 1 fully saturated rings. The molecule has 1 aliphatic heterocycles. The van der Waals surface area contributed by atoms with Gasteiger partial charge in [0.05, 0.1) is 0 Å². The predicted octanol–water partition coefficient (Wildman–Crippen LogP) is 3.69. The molecule has 1 aliphatic rings. The van der Waals surface area contributed by atoms with E-state index in [1.807, 2.05) is 13.0 Å². The first-order valence-corrected chi connectivity index (χ1v) is 10.8. The summed E-state index contributed by atoms with van der Waals surface area (Å²) in [6.07, 6.45) is 3.73. The van der Waals surface area contributed by atoms with Crippen molar-refractivity contribution in [1.29, 1.82) is 0 Å². The Labute approximate surface area is 177 Å². The summed E-state index contributed by atoms with van der Waals surface area (Å²) in [7, 11) is 0. The highest BCUT2D eigenvalue weighted by Crippen LogP contribution is 2.29. The number of thiazole rings is 1. The van der Waals surface area contributed by atoms with E-state index in [9.17, 15) is 9.59 Å². The SMILES string of the molecule is Cc1ccc(Cl)cc1NC(=O)Cn1cnc2nc(N3CCC[C@H](C)C3)sc2c1=O. The van der Waals surface area contributed by atoms with Crippen LogP contribution in [0.25, 0.3) is 10.3 Å². The van der Waals surface area contributed by atoms with Gasteiger partial charge in [-0.05, 0) is 43.4 Å². The van der Waals surface area contributed by atoms with Gasteiger partial charge in [0.15, 0.2) is 10.8 Å². The van der Waals surface area contributed by atoms with Crippen LogP contribution in [0.2, 0.25) is 5.02 Å². The van der Waals surface area contributed by atoms with Crippen LogP contribution in [0.1, 0.15) is 25.3 Å². The van der Waals surface area contributed by atoms with Gasteiger partial charge in [0, 0.05) is 23.8 Å². The number of nitrogens with zero attached hydrogens (tertiary/aromatic N) is 4. The second-order valence-electron chi connectivity index (χ2n) is 7.53. The number of piperidine rings is 1. The molecule has 1 N–H and O–H groups in total. The molecule has 0 bridgehead atoms. The largest absolute Gasteiger partial charge is 0.348 e. The molecule has 29 heavy (non-hydrogen) atoms. The van der Waals surface area contributed by atoms with Gasteiger partial charge in [-0.15, -0.1) is 0 Å². The van der Waals surface area contributed by atoms with Crippen LogP contribution in [0.3, 0.4) is 0 Å². The van der Waals surface area contributed by atoms with Gasteiger partial charge in [0.25, 0.3) is 5.56 Å². The first kappa shape index (κ1) is 19.8. The van der Waals surface area contributed by atoms with Gasteiger partial charge < -0.3 is 10.2 Å². The Hall–Kier alpha value is -2.45. The number of carbonyl (C=O) groups is 1. The van der Waals surface area contributed by atoms with Crippen LogP contribution in [0.15, 0.2) is 29.3 Å². The smallest absolute Gasteiger partial charge is 0.273 e. The normalized spacial score (nSPS) is 16.9. The summed E-state index contributed by atoms with van der Waals surface area (Å²) in [6.45, 7) is 5.87. The lowest BCUT2D eigenvalue weighted by molar-refractivity contribution is -0.116. The van der Waals surface area contributed by atoms with Crippen LogP contribution in [0, 0.1) is 12.8 Å². The molecule has 1 aromatic carbocycles. The number of anilines is 2. The highest BCUT2D eigenvalue weighted by atomic mass is 35.5. The number of aromatic nitrogens is 3. The van der Waals surface area contributed by atoms with Crippen LogP contribution in [0.5, 0.6) is 0 Å². The highest BCUT2D eigenvalue weighted by Gasteiger charge is 2.21. The summed E-state index contributed by atoms with van der Waals surface area (Å²) in [5.41, 5.74) is 1.72. The first-order valence-electron chi connectivity index (χ1n) is 9.57. The maximum Gasteiger partial charge on any atom is 0.273 e. The van der Waals surface area contributed by atoms with E-state index < -0.39 is 0 Å². The number of hydrogen-bond donors (Lipinski definition) is 1. The molecule has 152 valence electrons. The van der Waals surface area contributed by atoms with Crippen LogP contribution >= 0.6 is 22.9 Å². The minimum Gasteiger partial charge on any atom is -0.348 e. The van der Waals surface area contributed by atoms with Gasteiger partial charge in [0.2, 0.25) is 5.91 Å². The fraction of sp³-hybridized carbons (Fsp3) is 0.400. The van der Waals surface area contributed by atoms with Crippen molar-refractivity contribution in [2.45, 2.75) is 33.2 Å². The molecule has 9 heteroatoms. The molecule has 3 aromatic rings. The average Bonchev–Trinajstić information content (AvgIpc) is 3.12. The molecule has 4 rings (SSSR count). The summed E-state index contributed by atoms with van der Waals surface area (Å²) in [4.78, 5) is 36.4. The molecule has 0 radical (unpaired) electrons. The van der Waals surface area contributed by atoms with Gasteiger partial charge in [-0.1, -0.05) is 35.9 Å². The van der Waals surface area contributed by atoms with E-state index >= 15 is 0 Å². The van der Waals surface area contributed by atoms with Crippen LogP contribution in [-0.4, -0.2) is 33.5 Å². The molecular weight excluding hydrogens is 410 g/mol. The maximum absolute atomic E-state index is 12.9. The van der Waals surface area contributed by atoms with Crippen molar-refractivity contribution in [2.24, 2.45) is 5.92 Å². The van der Waals surface area contributed by atoms with E-state index in [-0.39, 0.29) is 18.0 Å². The molecule has 7 nitrogen and oxygen atoms in total. The molecule has 0 aliphatic carbocycles. The van der Waals surface area contributed by atoms with Gasteiger partial charge in [-0.3, -0.25) is 14.2 Å². The zero-order valence-corrected chi connectivity index (χ0v) is 17.9. The zero-order chi connectivity index (χ0) is 20.5. The van der Waals surface area contributed by atoms with Crippen LogP contribution in [-0.2, 0) is 11.3 Å². The minimum absolute atomic E-state index is 0.123. The topological polar surface area (TPSA) is 80.1 Å². The monoisotopic (exact) mass is 431 g/mol. The van der Waals surface area contributed by atoms with E-state index in [4.69, 9.17) is 11.6 Å². The van der Waals surface area contributed by atoms with Crippen LogP contribution < -0.4 is 15.8 Å². The number of hydrogen-bond acceptors (Lipinski definition) is 6. The number of fused-ring (bicyclic) bond motifs is 1. The lowest BCUT2D eigenvalue weighted by Crippen LogP contribution is -2.34. The second-order valence-corrected chi connectivity index (χ2v) is 8.94. The summed E-state index contributed by atoms with van der Waals surface area (Å²) < 4.78 is 1.80. The van der Waals surface area contributed by atoms with Gasteiger partial charge in [-0.25, -0.2) is 4.98 Å². The Bertz CT molecular complexity index is 1130. The summed E-state index contributed by atoms with van der Waals surface area (Å²) >= 11 is 7.35. The molecule has 1 atom stereocenters. The predicted molar refractivity (Wildman–Crippen MR) is 117 cm³/mol. The van der Waals surface area contributed by atoms with Crippen molar-refractivity contribution in [3.05, 3.63) is 45.5 Å². The third-order valence-electron chi connectivity index (χ3n) is 5.09. The zero-order valence-electron chi connectivity index (χ0n) is 16.3. The van der Waals surface area contributed by atoms with Crippen molar-refractivity contribution in [1.82, 2.24) is 14.5 Å². The lowest BCUT2D eigenvalue weighted by Gasteiger charge is -2.30. The summed E-state index contributed by atoms with van der Waals surface area (Å²) in [5.74, 6) is 0.298. The van der Waals surface area contributed by atoms with Gasteiger partial charge in [0.1, 0.15) is 17.6 Å². The molecular formula is C20H22ClN5O2S. The van der Waals surface area contributed by atoms with Crippen molar-refractivity contribution in [2.75, 3.05) is 23.3 Å². The quantitative estimate of drug-likeness (QED) is 0.681. The van der Waals surface area contributed by atoms with Crippen molar-refractivity contribution in [3.8, 4) is 0 Å². The number of rotatable bonds is 4. The number of halogens is 1. The van der Waals surface area contributed by atoms with E-state index in [1.165, 1.54) is 28.7 Å². The standard InChI is InChI=1S/C20H22ClN5O2S/c1-12-4-3-7-25(9-12)20-24-18-17(29-20)19(28)26(11-22-18)10-16(27)23-15-8-14(21)6-5-13(15)2/h5-6,8,11-12H,3-4,7,9-10H2,1-2H3,(H,23,27)/t12-/m0/s1. The van der Waals surface area contributed by atoms with Crippen molar-refractivity contribution < 1.29 is 4.79 Å². The van der Waals surface area contributed by atoms with Gasteiger partial charge >= 0.3 is 0 Å². The Morgan fingerprint density at radius 1 is 1.41 bits per heavy atom. The first-order chi connectivity index (χ1) is 13.9. The molecule has 0 spiro atoms. The molecule has 1 amide bonds. The van der Waals surface area contributed by atoms with E-state index in [0.717, 1.165) is 30.2 Å². The number of nitrogens with one attached hydrogen (secondary N) is 1. The molecule has 0 saturated carbocycles. The second kappa shape index (κ2) is 8.12. The fourth-order valence-corrected chi connectivity index (χ4v) is 4.70. The third kappa shape index (κ3) is 4.28. The number of amides is 1. The Kier molecular flexibility index (Phi) is 5.56. The average molecular weight is 432 g/mol. The summed E-state index contributed by atoms with van der Waals surface area (Å²) in [6, 6.07) is 5.28. The van der Waals surface area contributed by atoms with Crippen LogP contribution in [0.4, 0.5) is 10.8 Å². The molecule has 1 saturated heterocycles. The Morgan fingerprint density at radius 2 is 2.24 bits per heavy atom. The molecule has 2 aromatic heterocycles. The Balaban J connectivity index is 1.55. The lowest BCUT2D eigenvalue weighted by atomic mass is 10.0. The molecule has 0 unspecified atom stereocenters. The number of benzene rings is 1. The Morgan fingerprint density at radius 3 is 3.03 bits per heavy atom. The minimum atomic E-state index is -0.312. The van der Waals surface area contributed by atoms with Crippen molar-refractivity contribution in [3.63, 3.8) is 0 Å². The molecule has 3 heterocycles. The van der Waals surface area contributed by atoms with E-state index in [0.29, 0.717) is 27.0 Å². The van der Waals surface area contributed by atoms with Gasteiger partial charge in [-0.2, -0.15) is 4.98 Å². The fourth-order valence-electron chi connectivity index (χ4n) is 3.52. The van der Waals surface area contributed by atoms with E-state index in [1.54, 1.807) is 12.1 Å². The van der Waals surface area contributed by atoms with Crippen molar-refractivity contribution >= 4 is 50.0 Å². The van der Waals surface area contributed by atoms with E-state index in [2.05, 4.69) is 27.1 Å². The third-order valence-corrected chi connectivity index (χ3v) is 6.42. The maximum atomic E-state index is 12.9. The highest BCUT2D eigenvalue weighted by molar-refractivity contribution is 7.22.